The van der Waals surface area contributed by atoms with Crippen LogP contribution in [0, 0.1) is 11.3 Å². The number of hydrogen-bond acceptors (Lipinski definition) is 4. The zero-order chi connectivity index (χ0) is 48.2. The SMILES string of the molecule is CC(C)(C)c1ccc(N2c3cc(C#N)cc4c3B(c3ccc5c(c3N4c3ccc4c(c3)C(C)(C)CCC4(C)C)C(C)(C)CCC5(C)C)c3sc4ccc(C(C)(C)C)cc4c32)c(-c2ccccc2)c1. The molecule has 1 aromatic heterocycles. The average Bonchev–Trinajstić information content (AvgIpc) is 3.67. The summed E-state index contributed by atoms with van der Waals surface area (Å²) in [6.45, 7) is 33.5. The van der Waals surface area contributed by atoms with Crippen LogP contribution in [0.1, 0.15) is 162 Å². The monoisotopic (exact) mass is 910 g/mol. The molecular weight excluding hydrogens is 842 g/mol. The molecular formula is C63H68BN3S. The van der Waals surface area contributed by atoms with E-state index in [4.69, 9.17) is 0 Å². The largest absolute Gasteiger partial charge is 0.311 e. The van der Waals surface area contributed by atoms with Gasteiger partial charge in [-0.2, -0.15) is 5.26 Å². The summed E-state index contributed by atoms with van der Waals surface area (Å²) in [7, 11) is 0. The van der Waals surface area contributed by atoms with Crippen LogP contribution in [-0.2, 0) is 32.5 Å². The van der Waals surface area contributed by atoms with Gasteiger partial charge in [0.1, 0.15) is 0 Å². The minimum atomic E-state index is -0.0816. The van der Waals surface area contributed by atoms with Gasteiger partial charge in [0.05, 0.1) is 23.0 Å². The minimum Gasteiger partial charge on any atom is -0.311 e. The van der Waals surface area contributed by atoms with Crippen molar-refractivity contribution in [2.75, 3.05) is 9.80 Å². The molecule has 5 heteroatoms. The first kappa shape index (κ1) is 44.9. The smallest absolute Gasteiger partial charge is 0.264 e. The van der Waals surface area contributed by atoms with Crippen molar-refractivity contribution in [2.45, 2.75) is 155 Å². The molecule has 0 radical (unpaired) electrons. The third-order valence-electron chi connectivity index (χ3n) is 16.9. The molecule has 2 aliphatic heterocycles. The number of fused-ring (bicyclic) bond motifs is 9. The maximum Gasteiger partial charge on any atom is 0.264 e. The summed E-state index contributed by atoms with van der Waals surface area (Å²) in [5.41, 5.74) is 21.1. The second kappa shape index (κ2) is 14.7. The fraction of sp³-hybridized carbons (Fsp3) is 0.381. The summed E-state index contributed by atoms with van der Waals surface area (Å²) in [4.78, 5) is 5.22. The van der Waals surface area contributed by atoms with Crippen LogP contribution in [0.3, 0.4) is 0 Å². The summed E-state index contributed by atoms with van der Waals surface area (Å²) in [5, 5.41) is 12.6. The van der Waals surface area contributed by atoms with Crippen molar-refractivity contribution in [3.8, 4) is 17.2 Å². The molecule has 0 unspecified atom stereocenters. The second-order valence-corrected chi connectivity index (χ2v) is 26.5. The molecule has 344 valence electrons. The fourth-order valence-corrected chi connectivity index (χ4v) is 13.8. The van der Waals surface area contributed by atoms with Crippen LogP contribution < -0.4 is 25.5 Å². The first-order valence-corrected chi connectivity index (χ1v) is 26.0. The van der Waals surface area contributed by atoms with Crippen molar-refractivity contribution in [2.24, 2.45) is 0 Å². The lowest BCUT2D eigenvalue weighted by Crippen LogP contribution is -2.61. The van der Waals surface area contributed by atoms with E-state index < -0.39 is 0 Å². The van der Waals surface area contributed by atoms with Gasteiger partial charge in [-0.1, -0.05) is 158 Å². The van der Waals surface area contributed by atoms with Crippen LogP contribution in [0.25, 0.3) is 21.2 Å². The highest BCUT2D eigenvalue weighted by Crippen LogP contribution is 2.56. The lowest BCUT2D eigenvalue weighted by molar-refractivity contribution is 0.331. The van der Waals surface area contributed by atoms with E-state index in [0.717, 1.165) is 36.3 Å². The average molecular weight is 910 g/mol. The van der Waals surface area contributed by atoms with E-state index in [1.54, 1.807) is 0 Å². The third-order valence-corrected chi connectivity index (χ3v) is 18.1. The van der Waals surface area contributed by atoms with Crippen LogP contribution in [0.4, 0.5) is 34.1 Å². The molecule has 11 rings (SSSR count). The van der Waals surface area contributed by atoms with Gasteiger partial charge in [0.25, 0.3) is 6.71 Å². The first-order chi connectivity index (χ1) is 31.9. The van der Waals surface area contributed by atoms with Crippen LogP contribution in [0.15, 0.2) is 109 Å². The molecule has 0 spiro atoms. The Balaban J connectivity index is 1.31. The molecule has 0 saturated heterocycles. The molecule has 0 N–H and O–H groups in total. The Labute approximate surface area is 411 Å². The van der Waals surface area contributed by atoms with Gasteiger partial charge in [-0.05, 0) is 157 Å². The van der Waals surface area contributed by atoms with Gasteiger partial charge < -0.3 is 9.80 Å². The molecule has 0 amide bonds. The van der Waals surface area contributed by atoms with E-state index in [-0.39, 0.29) is 39.2 Å². The molecule has 2 aliphatic carbocycles. The van der Waals surface area contributed by atoms with Crippen LogP contribution in [0.5, 0.6) is 0 Å². The molecule has 7 aromatic rings. The quantitative estimate of drug-likeness (QED) is 0.166. The maximum atomic E-state index is 11.3. The van der Waals surface area contributed by atoms with Gasteiger partial charge in [0, 0.05) is 43.2 Å². The standard InChI is InChI=1S/C63H68BN3S/c1-58(2,3)40-20-26-49(43(34-40)39-18-16-15-17-19-39)67-51-33-38(37-65)32-50-54(51)64(57-55(67)44-35-41(59(4,5)6)21-27-52(44)68-57)48-25-24-46-53(63(13,14)31-30-61(46,9)10)56(48)66(50)42-22-23-45-47(36-42)62(11,12)29-28-60(45,7)8/h15-27,32-36H,28-31H2,1-14H3. The molecule has 3 heterocycles. The Morgan fingerprint density at radius 3 is 1.81 bits per heavy atom. The Hall–Kier alpha value is -5.57. The highest BCUT2D eigenvalue weighted by molar-refractivity contribution is 7.33. The van der Waals surface area contributed by atoms with E-state index in [9.17, 15) is 5.26 Å². The lowest BCUT2D eigenvalue weighted by Gasteiger charge is -2.49. The first-order valence-electron chi connectivity index (χ1n) is 25.2. The normalized spacial score (nSPS) is 18.3. The minimum absolute atomic E-state index is 0.00983. The van der Waals surface area contributed by atoms with Gasteiger partial charge >= 0.3 is 0 Å². The van der Waals surface area contributed by atoms with E-state index in [2.05, 4.69) is 222 Å². The van der Waals surface area contributed by atoms with Crippen LogP contribution >= 0.6 is 11.3 Å². The van der Waals surface area contributed by atoms with Crippen molar-refractivity contribution in [1.82, 2.24) is 0 Å². The number of nitriles is 1. The number of rotatable bonds is 3. The van der Waals surface area contributed by atoms with Crippen molar-refractivity contribution >= 4 is 78.0 Å². The molecule has 0 bridgehead atoms. The van der Waals surface area contributed by atoms with Gasteiger partial charge in [0.2, 0.25) is 0 Å². The third kappa shape index (κ3) is 6.71. The summed E-state index contributed by atoms with van der Waals surface area (Å²) < 4.78 is 2.66. The van der Waals surface area contributed by atoms with Gasteiger partial charge in [-0.15, -0.1) is 11.3 Å². The van der Waals surface area contributed by atoms with E-state index >= 15 is 0 Å². The predicted molar refractivity (Wildman–Crippen MR) is 294 cm³/mol. The number of hydrogen-bond donors (Lipinski definition) is 0. The molecule has 4 aliphatic rings. The highest BCUT2D eigenvalue weighted by Gasteiger charge is 2.50. The van der Waals surface area contributed by atoms with Crippen molar-refractivity contribution in [3.05, 3.63) is 148 Å². The van der Waals surface area contributed by atoms with Crippen molar-refractivity contribution in [3.63, 3.8) is 0 Å². The molecule has 68 heavy (non-hydrogen) atoms. The van der Waals surface area contributed by atoms with Crippen LogP contribution in [0.2, 0.25) is 0 Å². The molecule has 0 atom stereocenters. The van der Waals surface area contributed by atoms with Crippen molar-refractivity contribution in [1.29, 1.82) is 5.26 Å². The zero-order valence-corrected chi connectivity index (χ0v) is 43.9. The maximum absolute atomic E-state index is 11.3. The fourth-order valence-electron chi connectivity index (χ4n) is 12.5. The summed E-state index contributed by atoms with van der Waals surface area (Å²) in [5.74, 6) is 0. The molecule has 3 nitrogen and oxygen atoms in total. The molecule has 0 saturated carbocycles. The topological polar surface area (TPSA) is 30.3 Å². The Kier molecular flexibility index (Phi) is 9.73. The summed E-state index contributed by atoms with van der Waals surface area (Å²) in [6, 6.07) is 44.9. The Morgan fingerprint density at radius 1 is 0.559 bits per heavy atom. The second-order valence-electron chi connectivity index (χ2n) is 25.5. The van der Waals surface area contributed by atoms with Gasteiger partial charge in [0.15, 0.2) is 0 Å². The number of benzene rings is 6. The number of anilines is 6. The molecule has 6 aromatic carbocycles. The summed E-state index contributed by atoms with van der Waals surface area (Å²) in [6.07, 6.45) is 4.55. The molecule has 0 fully saturated rings. The zero-order valence-electron chi connectivity index (χ0n) is 43.0. The van der Waals surface area contributed by atoms with E-state index in [1.165, 1.54) is 93.8 Å². The highest BCUT2D eigenvalue weighted by atomic mass is 32.1. The van der Waals surface area contributed by atoms with Gasteiger partial charge in [-0.25, -0.2) is 0 Å². The predicted octanol–water partition coefficient (Wildman–Crippen LogP) is 15.8. The van der Waals surface area contributed by atoms with Crippen molar-refractivity contribution < 1.29 is 0 Å². The Bertz CT molecular complexity index is 3290. The van der Waals surface area contributed by atoms with E-state index in [1.807, 2.05) is 11.3 Å². The van der Waals surface area contributed by atoms with Gasteiger partial charge in [-0.3, -0.25) is 0 Å². The number of thiophene rings is 1. The summed E-state index contributed by atoms with van der Waals surface area (Å²) >= 11 is 1.97. The lowest BCUT2D eigenvalue weighted by atomic mass is 9.35. The Morgan fingerprint density at radius 2 is 1.15 bits per heavy atom. The van der Waals surface area contributed by atoms with E-state index in [0.29, 0.717) is 5.56 Å². The number of nitrogens with zero attached hydrogens (tertiary/aromatic N) is 3. The van der Waals surface area contributed by atoms with Crippen LogP contribution in [-0.4, -0.2) is 6.71 Å².